The van der Waals surface area contributed by atoms with Gasteiger partial charge in [0.05, 0.1) is 13.3 Å². The quantitative estimate of drug-likeness (QED) is 0.353. The van der Waals surface area contributed by atoms with Crippen molar-refractivity contribution in [2.24, 2.45) is 0 Å². The number of hydrogen-bond acceptors (Lipinski definition) is 7. The molecule has 0 saturated carbocycles. The number of benzene rings is 2. The second-order valence-corrected chi connectivity index (χ2v) is 8.56. The van der Waals surface area contributed by atoms with Gasteiger partial charge >= 0.3 is 0 Å². The normalized spacial score (nSPS) is 10.9. The Morgan fingerprint density at radius 3 is 2.56 bits per heavy atom. The number of para-hydroxylation sites is 1. The smallest absolute Gasteiger partial charge is 0.156 e. The molecule has 0 saturated heterocycles. The van der Waals surface area contributed by atoms with E-state index in [4.69, 9.17) is 14.7 Å². The van der Waals surface area contributed by atoms with Crippen LogP contribution in [0, 0.1) is 32.1 Å². The number of nitrogens with zero attached hydrogens (tertiary/aromatic N) is 6. The lowest BCUT2D eigenvalue weighted by Gasteiger charge is -2.16. The van der Waals surface area contributed by atoms with Gasteiger partial charge in [0, 0.05) is 23.1 Å². The van der Waals surface area contributed by atoms with Gasteiger partial charge in [0.2, 0.25) is 0 Å². The van der Waals surface area contributed by atoms with Crippen LogP contribution in [-0.2, 0) is 6.42 Å². The zero-order chi connectivity index (χ0) is 25.2. The Labute approximate surface area is 209 Å². The summed E-state index contributed by atoms with van der Waals surface area (Å²) in [4.78, 5) is 14.1. The van der Waals surface area contributed by atoms with Crippen molar-refractivity contribution in [2.75, 3.05) is 12.4 Å². The van der Waals surface area contributed by atoms with Crippen LogP contribution in [0.1, 0.15) is 33.8 Å². The lowest BCUT2D eigenvalue weighted by atomic mass is 10.0. The van der Waals surface area contributed by atoms with E-state index in [1.165, 1.54) is 6.20 Å². The average Bonchev–Trinajstić information content (AvgIpc) is 3.29. The van der Waals surface area contributed by atoms with Crippen LogP contribution in [-0.4, -0.2) is 31.8 Å². The molecule has 5 aromatic rings. The number of aromatic nitrogens is 5. The molecule has 0 aliphatic rings. The molecule has 0 aliphatic heterocycles. The summed E-state index contributed by atoms with van der Waals surface area (Å²) >= 11 is 0. The Morgan fingerprint density at radius 2 is 1.81 bits per heavy atom. The van der Waals surface area contributed by atoms with Crippen LogP contribution in [0.15, 0.2) is 60.8 Å². The molecule has 1 N–H and O–H groups in total. The first-order chi connectivity index (χ1) is 17.5. The van der Waals surface area contributed by atoms with E-state index in [-0.39, 0.29) is 0 Å². The number of aryl methyl sites for hydroxylation is 3. The number of pyridine rings is 1. The number of methoxy groups -OCH3 is 1. The molecule has 3 heterocycles. The number of ether oxygens (including phenoxy) is 1. The summed E-state index contributed by atoms with van der Waals surface area (Å²) in [5.41, 5.74) is 5.11. The second kappa shape index (κ2) is 9.47. The maximum absolute atomic E-state index is 9.86. The molecule has 0 unspecified atom stereocenters. The van der Waals surface area contributed by atoms with Gasteiger partial charge in [-0.15, -0.1) is 0 Å². The summed E-state index contributed by atoms with van der Waals surface area (Å²) in [6, 6.07) is 20.2. The lowest BCUT2D eigenvalue weighted by Crippen LogP contribution is -2.11. The fourth-order valence-electron chi connectivity index (χ4n) is 4.33. The van der Waals surface area contributed by atoms with Crippen LogP contribution in [0.4, 0.5) is 11.6 Å². The fraction of sp³-hybridized carbons (Fsp3) is 0.179. The SMILES string of the molecule is COc1cccc2c(C)cc(-n3ncc(C#N)c3Nc3nc(C)nc(C)c3Cc3ccccc3)nc12. The van der Waals surface area contributed by atoms with Crippen molar-refractivity contribution in [3.63, 3.8) is 0 Å². The first kappa shape index (κ1) is 23.0. The van der Waals surface area contributed by atoms with Crippen LogP contribution in [0.2, 0.25) is 0 Å². The molecule has 0 bridgehead atoms. The first-order valence-corrected chi connectivity index (χ1v) is 11.6. The average molecular weight is 476 g/mol. The standard InChI is InChI=1S/C28H25N7O/c1-17-13-25(33-26-22(17)11-8-12-24(26)36-4)35-28(21(15-29)16-30-35)34-27-23(18(2)31-19(3)32-27)14-20-9-6-5-7-10-20/h5-13,16H,14H2,1-4H3,(H,31,32,34). The van der Waals surface area contributed by atoms with E-state index in [2.05, 4.69) is 33.6 Å². The number of fused-ring (bicyclic) bond motifs is 1. The molecular formula is C28H25N7O. The van der Waals surface area contributed by atoms with Crippen molar-refractivity contribution >= 4 is 22.5 Å². The molecule has 0 amide bonds. The summed E-state index contributed by atoms with van der Waals surface area (Å²) in [6.07, 6.45) is 2.18. The van der Waals surface area contributed by atoms with E-state index in [0.29, 0.717) is 41.0 Å². The summed E-state index contributed by atoms with van der Waals surface area (Å²) < 4.78 is 7.18. The topological polar surface area (TPSA) is 102 Å². The maximum Gasteiger partial charge on any atom is 0.156 e. The van der Waals surface area contributed by atoms with E-state index >= 15 is 0 Å². The van der Waals surface area contributed by atoms with Crippen LogP contribution >= 0.6 is 0 Å². The Balaban J connectivity index is 1.64. The zero-order valence-electron chi connectivity index (χ0n) is 20.6. The molecular weight excluding hydrogens is 450 g/mol. The van der Waals surface area contributed by atoms with E-state index < -0.39 is 0 Å². The van der Waals surface area contributed by atoms with Crippen LogP contribution in [0.3, 0.4) is 0 Å². The molecule has 8 heteroatoms. The molecule has 8 nitrogen and oxygen atoms in total. The number of nitriles is 1. The third kappa shape index (κ3) is 4.23. The van der Waals surface area contributed by atoms with E-state index in [9.17, 15) is 5.26 Å². The van der Waals surface area contributed by atoms with Crippen molar-refractivity contribution in [3.05, 3.63) is 94.6 Å². The molecule has 0 radical (unpaired) electrons. The largest absolute Gasteiger partial charge is 0.494 e. The monoisotopic (exact) mass is 475 g/mol. The zero-order valence-corrected chi connectivity index (χ0v) is 20.6. The molecule has 0 aliphatic carbocycles. The Hall–Kier alpha value is -4.77. The third-order valence-electron chi connectivity index (χ3n) is 6.11. The van der Waals surface area contributed by atoms with Crippen LogP contribution in [0.25, 0.3) is 16.7 Å². The summed E-state index contributed by atoms with van der Waals surface area (Å²) in [5, 5.41) is 18.7. The van der Waals surface area contributed by atoms with Gasteiger partial charge in [0.1, 0.15) is 34.5 Å². The minimum absolute atomic E-state index is 0.383. The van der Waals surface area contributed by atoms with Crippen molar-refractivity contribution in [2.45, 2.75) is 27.2 Å². The van der Waals surface area contributed by atoms with Gasteiger partial charge in [-0.3, -0.25) is 0 Å². The molecule has 2 aromatic carbocycles. The summed E-state index contributed by atoms with van der Waals surface area (Å²) in [7, 11) is 1.63. The first-order valence-electron chi connectivity index (χ1n) is 11.6. The molecule has 0 fully saturated rings. The van der Waals surface area contributed by atoms with E-state index in [1.807, 2.05) is 63.2 Å². The maximum atomic E-state index is 9.86. The molecule has 178 valence electrons. The van der Waals surface area contributed by atoms with Crippen molar-refractivity contribution < 1.29 is 4.74 Å². The highest BCUT2D eigenvalue weighted by atomic mass is 16.5. The lowest BCUT2D eigenvalue weighted by molar-refractivity contribution is 0.419. The highest BCUT2D eigenvalue weighted by Gasteiger charge is 2.19. The fourth-order valence-corrected chi connectivity index (χ4v) is 4.33. The number of rotatable bonds is 6. The number of anilines is 2. The van der Waals surface area contributed by atoms with Gasteiger partial charge in [-0.2, -0.15) is 15.0 Å². The van der Waals surface area contributed by atoms with Gasteiger partial charge in [-0.1, -0.05) is 42.5 Å². The van der Waals surface area contributed by atoms with E-state index in [1.54, 1.807) is 11.8 Å². The van der Waals surface area contributed by atoms with Gasteiger partial charge in [-0.25, -0.2) is 15.0 Å². The van der Waals surface area contributed by atoms with Crippen molar-refractivity contribution in [1.82, 2.24) is 24.7 Å². The number of hydrogen-bond donors (Lipinski definition) is 1. The predicted molar refractivity (Wildman–Crippen MR) is 139 cm³/mol. The number of nitrogens with one attached hydrogen (secondary N) is 1. The van der Waals surface area contributed by atoms with Crippen molar-refractivity contribution in [3.8, 4) is 17.6 Å². The van der Waals surface area contributed by atoms with Gasteiger partial charge in [-0.05, 0) is 44.0 Å². The Kier molecular flexibility index (Phi) is 6.05. The van der Waals surface area contributed by atoms with Crippen molar-refractivity contribution in [1.29, 1.82) is 5.26 Å². The second-order valence-electron chi connectivity index (χ2n) is 8.56. The molecule has 0 spiro atoms. The molecule has 5 rings (SSSR count). The van der Waals surface area contributed by atoms with Crippen LogP contribution < -0.4 is 10.1 Å². The summed E-state index contributed by atoms with van der Waals surface area (Å²) in [5.74, 6) is 3.01. The molecule has 36 heavy (non-hydrogen) atoms. The minimum atomic E-state index is 0.383. The summed E-state index contributed by atoms with van der Waals surface area (Å²) in [6.45, 7) is 5.85. The minimum Gasteiger partial charge on any atom is -0.494 e. The third-order valence-corrected chi connectivity index (χ3v) is 6.11. The molecule has 0 atom stereocenters. The van der Waals surface area contributed by atoms with Gasteiger partial charge in [0.15, 0.2) is 11.6 Å². The Morgan fingerprint density at radius 1 is 1.00 bits per heavy atom. The van der Waals surface area contributed by atoms with Crippen LogP contribution in [0.5, 0.6) is 5.75 Å². The molecule has 3 aromatic heterocycles. The highest BCUT2D eigenvalue weighted by molar-refractivity contribution is 5.88. The van der Waals surface area contributed by atoms with Gasteiger partial charge < -0.3 is 10.1 Å². The Bertz CT molecular complexity index is 1620. The van der Waals surface area contributed by atoms with Gasteiger partial charge in [0.25, 0.3) is 0 Å². The van der Waals surface area contributed by atoms with E-state index in [0.717, 1.165) is 33.3 Å². The highest BCUT2D eigenvalue weighted by Crippen LogP contribution is 2.31. The predicted octanol–water partition coefficient (Wildman–Crippen LogP) is 5.35.